The normalized spacial score (nSPS) is 13.6. The molecule has 12 heterocycles. The molecule has 2 aliphatic heterocycles. The van der Waals surface area contributed by atoms with Gasteiger partial charge in [-0.15, -0.1) is 0 Å². The maximum Gasteiger partial charge on any atom is 0.410 e. The quantitative estimate of drug-likeness (QED) is 0.0393. The van der Waals surface area contributed by atoms with Crippen molar-refractivity contribution in [1.82, 2.24) is 93.2 Å². The van der Waals surface area contributed by atoms with Crippen LogP contribution in [0.4, 0.5) is 4.79 Å². The summed E-state index contributed by atoms with van der Waals surface area (Å²) in [5.74, 6) is 0. The highest BCUT2D eigenvalue weighted by molar-refractivity contribution is 7.89. The standard InChI is InChI=1S/C22H29N5O3.C20H20N4O3S.C17H20N4O2.2C15H18N4O/c1-15-18-19(24-23-15)16-7-5-6-8-17(16)27(20(18)28)14-11-25-9-12-26(13-10-25)21(29)30-22(2,3)4;1-13-7-9-15(10-8-13)28(26,27)21-11-12-24-17-6-4-3-5-16(17)19-18(20(24)25)14(2)22-23-19;1-12-15-16(19-18-12)13-4-2-3-5-14(13)21(17(15)22)7-6-20-8-10-23-11-9-20;1-8-6-11-12(7-9(8)2)19(5-4-16)15(20)13-10(3)17-18-14(11)13;1-10-13-14(18-17-10)11-6-2-3-7-12(11)19(15(13)20)9-5-4-8-16/h5-8H,9-14H2,1-4H3,(H,23,24);3-10,21H,11-12H2,1-2H3,(H,22,23);2-5H,6-11H2,1H3,(H,18,19);6-7H,4-5,16H2,1-3H3,(H,17,18);2-3,6-7H,4-5,8-9,16H2,1H3,(H,17,18). The molecule has 0 unspecified atom stereocenters. The van der Waals surface area contributed by atoms with E-state index in [0.29, 0.717) is 90.5 Å². The number of hydrogen-bond acceptors (Lipinski definition) is 19. The van der Waals surface area contributed by atoms with Gasteiger partial charge in [-0.1, -0.05) is 90.5 Å². The smallest absolute Gasteiger partial charge is 0.410 e. The summed E-state index contributed by atoms with van der Waals surface area (Å²) in [7, 11) is -3.64. The molecule has 6 aromatic carbocycles. The van der Waals surface area contributed by atoms with Crippen LogP contribution in [0.1, 0.15) is 78.8 Å². The number of piperazine rings is 1. The Kier molecular flexibility index (Phi) is 25.6. The minimum atomic E-state index is -3.64. The Balaban J connectivity index is 0.000000125. The van der Waals surface area contributed by atoms with Crippen molar-refractivity contribution >= 4 is 125 Å². The predicted octanol–water partition coefficient (Wildman–Crippen LogP) is 10.4. The molecule has 121 heavy (non-hydrogen) atoms. The summed E-state index contributed by atoms with van der Waals surface area (Å²) < 4.78 is 47.3. The fourth-order valence-corrected chi connectivity index (χ4v) is 17.1. The van der Waals surface area contributed by atoms with Crippen LogP contribution in [0.15, 0.2) is 162 Å². The van der Waals surface area contributed by atoms with Gasteiger partial charge in [0, 0.05) is 154 Å². The Bertz CT molecular complexity index is 6980. The van der Waals surface area contributed by atoms with Crippen molar-refractivity contribution in [3.63, 3.8) is 0 Å². The summed E-state index contributed by atoms with van der Waals surface area (Å²) in [6.07, 6.45) is 1.57. The number of aromatic nitrogens is 15. The molecule has 0 spiro atoms. The number of H-pyrrole nitrogens is 5. The fourth-order valence-electron chi connectivity index (χ4n) is 16.0. The summed E-state index contributed by atoms with van der Waals surface area (Å²) in [5.41, 5.74) is 25.9. The number of unbranched alkanes of at least 4 members (excludes halogenated alkanes) is 1. The van der Waals surface area contributed by atoms with Gasteiger partial charge in [0.25, 0.3) is 27.8 Å². The zero-order valence-corrected chi connectivity index (χ0v) is 71.1. The number of aryl methyl sites for hydroxylation is 9. The van der Waals surface area contributed by atoms with Crippen molar-refractivity contribution in [3.05, 3.63) is 230 Å². The van der Waals surface area contributed by atoms with E-state index in [2.05, 4.69) is 78.5 Å². The lowest BCUT2D eigenvalue weighted by Gasteiger charge is -2.35. The lowest BCUT2D eigenvalue weighted by Crippen LogP contribution is -2.50. The highest BCUT2D eigenvalue weighted by atomic mass is 32.2. The second-order valence-electron chi connectivity index (χ2n) is 31.9. The minimum absolute atomic E-state index is 0.0117. The maximum absolute atomic E-state index is 13.2. The Morgan fingerprint density at radius 3 is 1.17 bits per heavy atom. The van der Waals surface area contributed by atoms with Gasteiger partial charge in [-0.05, 0) is 155 Å². The average molecular weight is 1660 g/mol. The van der Waals surface area contributed by atoms with E-state index in [1.807, 2.05) is 179 Å². The SMILES string of the molecule is Cc1[nH]nc2c1c(=O)n(CCCCN)c1ccccc21.Cc1[nH]nc2c1c(=O)n(CCN1CCN(C(=O)OC(C)(C)C)CC1)c1ccccc21.Cc1[nH]nc2c1c(=O)n(CCN1CCOCC1)c1ccccc21.Cc1cc2c3n[nH]c(C)c3c(=O)n(CCN)c2cc1C.Cc1ccc(S(=O)(=O)NCCn2c(=O)c3c(C)[nH]nc3c3ccccc32)cc1. The number of nitrogens with one attached hydrogen (secondary N) is 6. The second kappa shape index (κ2) is 36.3. The first kappa shape index (κ1) is 85.1. The number of carbonyl (C=O) groups excluding carboxylic acids is 1. The number of pyridine rings is 5. The summed E-state index contributed by atoms with van der Waals surface area (Å²) in [5, 5.41) is 44.3. The van der Waals surface area contributed by atoms with Gasteiger partial charge in [0.05, 0.1) is 72.6 Å². The first-order chi connectivity index (χ1) is 58.2. The summed E-state index contributed by atoms with van der Waals surface area (Å²) in [6.45, 7) is 32.7. The van der Waals surface area contributed by atoms with E-state index in [9.17, 15) is 37.2 Å². The minimum Gasteiger partial charge on any atom is -0.444 e. The molecule has 16 aromatic rings. The number of carbonyl (C=O) groups is 1. The molecular weight excluding hydrogens is 1560 g/mol. The molecule has 31 nitrogen and oxygen atoms in total. The number of fused-ring (bicyclic) bond motifs is 15. The molecule has 2 fully saturated rings. The van der Waals surface area contributed by atoms with E-state index >= 15 is 0 Å². The van der Waals surface area contributed by atoms with Crippen LogP contribution in [0.3, 0.4) is 0 Å². The zero-order valence-electron chi connectivity index (χ0n) is 70.3. The van der Waals surface area contributed by atoms with Gasteiger partial charge in [-0.2, -0.15) is 25.5 Å². The van der Waals surface area contributed by atoms with Crippen molar-refractivity contribution in [3.8, 4) is 0 Å². The Morgan fingerprint density at radius 2 is 0.777 bits per heavy atom. The third kappa shape index (κ3) is 17.7. The van der Waals surface area contributed by atoms with Crippen LogP contribution in [0.5, 0.6) is 0 Å². The molecule has 32 heteroatoms. The molecule has 0 radical (unpaired) electrons. The van der Waals surface area contributed by atoms with Crippen molar-refractivity contribution in [2.24, 2.45) is 11.5 Å². The van der Waals surface area contributed by atoms with Crippen molar-refractivity contribution < 1.29 is 22.7 Å². The summed E-state index contributed by atoms with van der Waals surface area (Å²) >= 11 is 0. The summed E-state index contributed by atoms with van der Waals surface area (Å²) in [6, 6.07) is 42.1. The zero-order chi connectivity index (χ0) is 85.7. The van der Waals surface area contributed by atoms with Gasteiger partial charge in [-0.25, -0.2) is 17.9 Å². The third-order valence-corrected chi connectivity index (χ3v) is 24.0. The van der Waals surface area contributed by atoms with Gasteiger partial charge >= 0.3 is 6.09 Å². The molecule has 0 aliphatic carbocycles. The number of ether oxygens (including phenoxy) is 2. The van der Waals surface area contributed by atoms with Crippen molar-refractivity contribution in [1.29, 1.82) is 0 Å². The summed E-state index contributed by atoms with van der Waals surface area (Å²) in [4.78, 5) is 83.3. The Hall–Kier alpha value is -12.3. The first-order valence-corrected chi connectivity index (χ1v) is 42.4. The van der Waals surface area contributed by atoms with E-state index < -0.39 is 15.6 Å². The van der Waals surface area contributed by atoms with E-state index in [4.69, 9.17) is 20.9 Å². The molecule has 10 N–H and O–H groups in total. The Morgan fingerprint density at radius 1 is 0.421 bits per heavy atom. The molecule has 1 amide bonds. The van der Waals surface area contributed by atoms with Gasteiger partial charge < -0.3 is 48.7 Å². The van der Waals surface area contributed by atoms with Crippen LogP contribution in [0.25, 0.3) is 109 Å². The molecule has 2 aliphatic rings. The molecule has 0 bridgehead atoms. The number of para-hydroxylation sites is 4. The Labute approximate surface area is 696 Å². The largest absolute Gasteiger partial charge is 0.444 e. The molecule has 632 valence electrons. The van der Waals surface area contributed by atoms with Crippen molar-refractivity contribution in [2.75, 3.05) is 85.2 Å². The maximum atomic E-state index is 13.2. The van der Waals surface area contributed by atoms with Crippen LogP contribution in [0, 0.1) is 55.4 Å². The third-order valence-electron chi connectivity index (χ3n) is 22.5. The highest BCUT2D eigenvalue weighted by Gasteiger charge is 2.28. The van der Waals surface area contributed by atoms with Crippen molar-refractivity contribution in [2.45, 2.75) is 132 Å². The van der Waals surface area contributed by atoms with Crippen LogP contribution in [-0.4, -0.2) is 194 Å². The number of hydrogen-bond donors (Lipinski definition) is 8. The van der Waals surface area contributed by atoms with Crippen LogP contribution < -0.4 is 44.0 Å². The van der Waals surface area contributed by atoms with E-state index in [-0.39, 0.29) is 51.9 Å². The van der Waals surface area contributed by atoms with Gasteiger partial charge in [0.15, 0.2) is 0 Å². The second-order valence-corrected chi connectivity index (χ2v) is 33.7. The number of benzene rings is 6. The van der Waals surface area contributed by atoms with Gasteiger partial charge in [-0.3, -0.25) is 59.3 Å². The van der Waals surface area contributed by atoms with Gasteiger partial charge in [0.2, 0.25) is 10.0 Å². The van der Waals surface area contributed by atoms with E-state index in [0.717, 1.165) is 176 Å². The lowest BCUT2D eigenvalue weighted by atomic mass is 10.0. The van der Waals surface area contributed by atoms with Crippen LogP contribution >= 0.6 is 0 Å². The first-order valence-electron chi connectivity index (χ1n) is 41.0. The number of amides is 1. The number of nitrogens with two attached hydrogens (primary N) is 2. The average Bonchev–Trinajstić information content (AvgIpc) is 1.69. The molecule has 2 saturated heterocycles. The van der Waals surface area contributed by atoms with Gasteiger partial charge in [0.1, 0.15) is 33.2 Å². The number of morpholine rings is 1. The topological polar surface area (TPSA) is 397 Å². The van der Waals surface area contributed by atoms with E-state index in [1.165, 1.54) is 5.56 Å². The molecule has 10 aromatic heterocycles. The highest BCUT2D eigenvalue weighted by Crippen LogP contribution is 2.30. The van der Waals surface area contributed by atoms with Crippen LogP contribution in [-0.2, 0) is 52.2 Å². The lowest BCUT2D eigenvalue weighted by molar-refractivity contribution is 0.0143. The van der Waals surface area contributed by atoms with Crippen LogP contribution in [0.2, 0.25) is 0 Å². The number of rotatable bonds is 17. The number of aromatic amines is 5. The fraction of sp³-hybridized carbons (Fsp3) is 0.360. The predicted molar refractivity (Wildman–Crippen MR) is 478 cm³/mol. The van der Waals surface area contributed by atoms with E-state index in [1.54, 1.807) is 45.2 Å². The molecule has 0 atom stereocenters. The number of nitrogens with zero attached hydrogens (tertiary/aromatic N) is 13. The molecule has 0 saturated carbocycles. The monoisotopic (exact) mass is 1660 g/mol. The molecular formula is C89H105N21O10S. The molecule has 18 rings (SSSR count). The number of sulfonamides is 1.